The van der Waals surface area contributed by atoms with E-state index in [9.17, 15) is 14.4 Å². The van der Waals surface area contributed by atoms with Crippen LogP contribution in [0.5, 0.6) is 0 Å². The lowest BCUT2D eigenvalue weighted by Gasteiger charge is -2.34. The third-order valence-electron chi connectivity index (χ3n) is 5.70. The van der Waals surface area contributed by atoms with Gasteiger partial charge in [0.2, 0.25) is 6.41 Å². The number of nitrogens with zero attached hydrogens (tertiary/aromatic N) is 1. The summed E-state index contributed by atoms with van der Waals surface area (Å²) in [6, 6.07) is 0.787. The van der Waals surface area contributed by atoms with Crippen molar-refractivity contribution in [3.05, 3.63) is 11.6 Å². The van der Waals surface area contributed by atoms with E-state index in [0.717, 1.165) is 12.0 Å². The molecule has 1 N–H and O–H groups in total. The largest absolute Gasteiger partial charge is 0.463 e. The smallest absolute Gasteiger partial charge is 0.333 e. The summed E-state index contributed by atoms with van der Waals surface area (Å²) in [6.07, 6.45) is 8.11. The van der Waals surface area contributed by atoms with Crippen molar-refractivity contribution in [1.29, 1.82) is 0 Å². The van der Waals surface area contributed by atoms with Gasteiger partial charge in [0.25, 0.3) is 0 Å². The van der Waals surface area contributed by atoms with Gasteiger partial charge in [-0.25, -0.2) is 4.79 Å². The first-order valence-electron chi connectivity index (χ1n) is 12.8. The van der Waals surface area contributed by atoms with E-state index in [1.54, 1.807) is 19.9 Å². The number of hydrogen-bond acceptors (Lipinski definition) is 5. The Labute approximate surface area is 203 Å². The van der Waals surface area contributed by atoms with Crippen LogP contribution in [0.4, 0.5) is 0 Å². The Morgan fingerprint density at radius 3 is 1.94 bits per heavy atom. The number of piperidine rings is 1. The van der Waals surface area contributed by atoms with Crippen LogP contribution in [0.1, 0.15) is 94.4 Å². The lowest BCUT2D eigenvalue weighted by atomic mass is 9.89. The summed E-state index contributed by atoms with van der Waals surface area (Å²) in [6.45, 7) is 21.7. The summed E-state index contributed by atoms with van der Waals surface area (Å²) < 4.78 is 4.90. The fraction of sp³-hybridized carbons (Fsp3) is 0.815. The molecule has 1 aliphatic rings. The SMILES string of the molecule is CC(C)C(C)N1CCCCC1.CCC.CCOC(=O)/C(C)=C/[C@@H](CC(=O)CNC=O)C(C)C. The molecule has 2 atom stereocenters. The number of allylic oxidation sites excluding steroid dienone is 1. The van der Waals surface area contributed by atoms with Crippen LogP contribution < -0.4 is 5.32 Å². The van der Waals surface area contributed by atoms with Gasteiger partial charge in [-0.15, -0.1) is 0 Å². The van der Waals surface area contributed by atoms with Crippen molar-refractivity contribution < 1.29 is 19.1 Å². The molecular weight excluding hydrogens is 416 g/mol. The van der Waals surface area contributed by atoms with E-state index in [2.05, 4.69) is 44.8 Å². The Hall–Kier alpha value is -1.69. The molecular formula is C27H52N2O4. The van der Waals surface area contributed by atoms with Crippen LogP contribution in [0.25, 0.3) is 0 Å². The van der Waals surface area contributed by atoms with Gasteiger partial charge in [0.05, 0.1) is 13.2 Å². The van der Waals surface area contributed by atoms with Gasteiger partial charge >= 0.3 is 5.97 Å². The minimum absolute atomic E-state index is 0.0268. The highest BCUT2D eigenvalue weighted by Crippen LogP contribution is 2.19. The molecule has 0 spiro atoms. The third-order valence-corrected chi connectivity index (χ3v) is 5.70. The number of carbonyl (C=O) groups excluding carboxylic acids is 3. The first-order chi connectivity index (χ1) is 15.5. The second-order valence-electron chi connectivity index (χ2n) is 9.51. The summed E-state index contributed by atoms with van der Waals surface area (Å²) >= 11 is 0. The quantitative estimate of drug-likeness (QED) is 0.249. The van der Waals surface area contributed by atoms with Crippen LogP contribution in [-0.4, -0.2) is 55.3 Å². The molecule has 1 fully saturated rings. The van der Waals surface area contributed by atoms with Crippen molar-refractivity contribution in [2.75, 3.05) is 26.2 Å². The van der Waals surface area contributed by atoms with Gasteiger partial charge in [0, 0.05) is 18.0 Å². The molecule has 0 aromatic rings. The fourth-order valence-electron chi connectivity index (χ4n) is 3.36. The third kappa shape index (κ3) is 17.5. The van der Waals surface area contributed by atoms with Crippen LogP contribution >= 0.6 is 0 Å². The average Bonchev–Trinajstić information content (AvgIpc) is 2.78. The van der Waals surface area contributed by atoms with Gasteiger partial charge in [-0.3, -0.25) is 9.59 Å². The van der Waals surface area contributed by atoms with Gasteiger partial charge in [-0.05, 0) is 64.5 Å². The zero-order valence-corrected chi connectivity index (χ0v) is 22.9. The Morgan fingerprint density at radius 2 is 1.52 bits per heavy atom. The molecule has 6 heteroatoms. The number of hydrogen-bond donors (Lipinski definition) is 1. The van der Waals surface area contributed by atoms with Crippen molar-refractivity contribution in [2.45, 2.75) is 100 Å². The second kappa shape index (κ2) is 20.9. The molecule has 1 unspecified atom stereocenters. The van der Waals surface area contributed by atoms with Crippen LogP contribution in [-0.2, 0) is 19.1 Å². The first kappa shape index (κ1) is 33.5. The summed E-state index contributed by atoms with van der Waals surface area (Å²) in [5.74, 6) is 0.591. The van der Waals surface area contributed by atoms with E-state index in [4.69, 9.17) is 4.74 Å². The van der Waals surface area contributed by atoms with Crippen molar-refractivity contribution >= 4 is 18.2 Å². The molecule has 1 heterocycles. The molecule has 1 amide bonds. The molecule has 1 saturated heterocycles. The number of amides is 1. The Kier molecular flexibility index (Phi) is 21.2. The predicted octanol–water partition coefficient (Wildman–Crippen LogP) is 5.41. The van der Waals surface area contributed by atoms with E-state index in [-0.39, 0.29) is 30.1 Å². The zero-order chi connectivity index (χ0) is 25.8. The van der Waals surface area contributed by atoms with Crippen molar-refractivity contribution in [1.82, 2.24) is 10.2 Å². The summed E-state index contributed by atoms with van der Waals surface area (Å²) in [5.41, 5.74) is 0.511. The van der Waals surface area contributed by atoms with Gasteiger partial charge in [-0.1, -0.05) is 60.5 Å². The summed E-state index contributed by atoms with van der Waals surface area (Å²) in [4.78, 5) is 35.9. The Morgan fingerprint density at radius 1 is 0.970 bits per heavy atom. The number of likely N-dealkylation sites (tertiary alicyclic amines) is 1. The standard InChI is InChI=1S/C14H23NO4.C10H21N.C3H8/c1-5-19-14(18)11(4)6-12(10(2)3)7-13(17)8-15-9-16;1-9(2)10(3)11-7-5-4-6-8-11;1-3-2/h6,9-10,12H,5,7-8H2,1-4H3,(H,15,16);9-10H,4-8H2,1-3H3;3H2,1-2H3/b11-6+;;/t12-;;/m0../s1. The normalized spacial score (nSPS) is 16.0. The second-order valence-corrected chi connectivity index (χ2v) is 9.51. The van der Waals surface area contributed by atoms with Gasteiger partial charge in [0.15, 0.2) is 5.78 Å². The average molecular weight is 469 g/mol. The van der Waals surface area contributed by atoms with E-state index in [1.165, 1.54) is 38.8 Å². The molecule has 0 bridgehead atoms. The van der Waals surface area contributed by atoms with E-state index < -0.39 is 0 Å². The van der Waals surface area contributed by atoms with E-state index >= 15 is 0 Å². The lowest BCUT2D eigenvalue weighted by Crippen LogP contribution is -2.40. The van der Waals surface area contributed by atoms with Crippen LogP contribution in [0.3, 0.4) is 0 Å². The minimum atomic E-state index is -0.355. The number of ketones is 1. The maximum atomic E-state index is 11.6. The summed E-state index contributed by atoms with van der Waals surface area (Å²) in [5, 5.41) is 2.35. The molecule has 6 nitrogen and oxygen atoms in total. The van der Waals surface area contributed by atoms with Crippen molar-refractivity contribution in [3.8, 4) is 0 Å². The maximum absolute atomic E-state index is 11.6. The van der Waals surface area contributed by atoms with Crippen LogP contribution in [0.2, 0.25) is 0 Å². The Balaban J connectivity index is 0. The topological polar surface area (TPSA) is 75.7 Å². The van der Waals surface area contributed by atoms with Gasteiger partial charge < -0.3 is 15.0 Å². The van der Waals surface area contributed by atoms with Gasteiger partial charge in [0.1, 0.15) is 0 Å². The Bertz CT molecular complexity index is 552. The lowest BCUT2D eigenvalue weighted by molar-refractivity contribution is -0.138. The van der Waals surface area contributed by atoms with Crippen LogP contribution in [0.15, 0.2) is 11.6 Å². The number of carbonyl (C=O) groups is 3. The minimum Gasteiger partial charge on any atom is -0.463 e. The zero-order valence-electron chi connectivity index (χ0n) is 22.9. The van der Waals surface area contributed by atoms with Crippen molar-refractivity contribution in [3.63, 3.8) is 0 Å². The van der Waals surface area contributed by atoms with Crippen LogP contribution in [0, 0.1) is 17.8 Å². The number of ether oxygens (including phenoxy) is 1. The first-order valence-corrected chi connectivity index (χ1v) is 12.8. The molecule has 0 aliphatic carbocycles. The molecule has 33 heavy (non-hydrogen) atoms. The highest BCUT2D eigenvalue weighted by Gasteiger charge is 2.19. The molecule has 0 aromatic heterocycles. The summed E-state index contributed by atoms with van der Waals surface area (Å²) in [7, 11) is 0. The highest BCUT2D eigenvalue weighted by atomic mass is 16.5. The number of nitrogens with one attached hydrogen (secondary N) is 1. The van der Waals surface area contributed by atoms with Gasteiger partial charge in [-0.2, -0.15) is 0 Å². The highest BCUT2D eigenvalue weighted by molar-refractivity contribution is 5.88. The molecule has 1 aliphatic heterocycles. The predicted molar refractivity (Wildman–Crippen MR) is 138 cm³/mol. The van der Waals surface area contributed by atoms with E-state index in [1.807, 2.05) is 13.8 Å². The monoisotopic (exact) mass is 468 g/mol. The molecule has 0 saturated carbocycles. The number of Topliss-reactive ketones (excluding diaryl/α,β-unsaturated/α-hetero) is 1. The van der Waals surface area contributed by atoms with E-state index in [0.29, 0.717) is 25.0 Å². The molecule has 0 radical (unpaired) electrons. The molecule has 0 aromatic carbocycles. The van der Waals surface area contributed by atoms with Crippen molar-refractivity contribution in [2.24, 2.45) is 17.8 Å². The molecule has 194 valence electrons. The fourth-order valence-corrected chi connectivity index (χ4v) is 3.36. The number of rotatable bonds is 11. The maximum Gasteiger partial charge on any atom is 0.333 e. The number of esters is 1. The molecule has 1 rings (SSSR count).